The van der Waals surface area contributed by atoms with Crippen LogP contribution in [0.5, 0.6) is 0 Å². The fourth-order valence-corrected chi connectivity index (χ4v) is 3.67. The van der Waals surface area contributed by atoms with Gasteiger partial charge in [-0.25, -0.2) is 0 Å². The zero-order valence-electron chi connectivity index (χ0n) is 10.0. The molecule has 2 aliphatic rings. The predicted molar refractivity (Wildman–Crippen MR) is 68.9 cm³/mol. The van der Waals surface area contributed by atoms with Crippen LogP contribution in [0, 0.1) is 17.8 Å². The van der Waals surface area contributed by atoms with E-state index in [9.17, 15) is 9.59 Å². The standard InChI is InChI=1S/C13H16N2O2S/c16-12(10-6-3-7-18-10)14-15-13(17)11-8-4-1-2-5-9(8)11/h3,6-9,11H,1-2,4-5H2,(H,14,16)(H,15,17)/t8-,9+,11?. The maximum atomic E-state index is 11.9. The van der Waals surface area contributed by atoms with Gasteiger partial charge < -0.3 is 0 Å². The van der Waals surface area contributed by atoms with E-state index in [2.05, 4.69) is 10.9 Å². The van der Waals surface area contributed by atoms with E-state index in [4.69, 9.17) is 0 Å². The van der Waals surface area contributed by atoms with Crippen LogP contribution in [-0.4, -0.2) is 11.8 Å². The molecule has 2 aliphatic carbocycles. The zero-order chi connectivity index (χ0) is 12.5. The molecule has 96 valence electrons. The van der Waals surface area contributed by atoms with Crippen LogP contribution in [0.25, 0.3) is 0 Å². The summed E-state index contributed by atoms with van der Waals surface area (Å²) in [6.45, 7) is 0. The fourth-order valence-electron chi connectivity index (χ4n) is 3.05. The van der Waals surface area contributed by atoms with Crippen LogP contribution in [0.2, 0.25) is 0 Å². The molecule has 3 rings (SSSR count). The molecule has 1 heterocycles. The molecular formula is C13H16N2O2S. The number of hydrazine groups is 1. The van der Waals surface area contributed by atoms with E-state index >= 15 is 0 Å². The second kappa shape index (κ2) is 4.72. The van der Waals surface area contributed by atoms with Gasteiger partial charge in [0.15, 0.2) is 0 Å². The van der Waals surface area contributed by atoms with Crippen LogP contribution in [-0.2, 0) is 4.79 Å². The highest BCUT2D eigenvalue weighted by atomic mass is 32.1. The summed E-state index contributed by atoms with van der Waals surface area (Å²) in [6, 6.07) is 3.56. The summed E-state index contributed by atoms with van der Waals surface area (Å²) < 4.78 is 0. The third kappa shape index (κ3) is 2.14. The molecule has 2 amide bonds. The van der Waals surface area contributed by atoms with E-state index in [0.29, 0.717) is 16.7 Å². The summed E-state index contributed by atoms with van der Waals surface area (Å²) in [7, 11) is 0. The van der Waals surface area contributed by atoms with Gasteiger partial charge in [-0.3, -0.25) is 20.4 Å². The maximum Gasteiger partial charge on any atom is 0.279 e. The fraction of sp³-hybridized carbons (Fsp3) is 0.538. The van der Waals surface area contributed by atoms with Crippen molar-refractivity contribution in [2.24, 2.45) is 17.8 Å². The number of rotatable bonds is 2. The lowest BCUT2D eigenvalue weighted by atomic mass is 10.0. The lowest BCUT2D eigenvalue weighted by Gasteiger charge is -2.05. The molecule has 1 aromatic rings. The number of hydrogen-bond acceptors (Lipinski definition) is 3. The average Bonchev–Trinajstić information content (AvgIpc) is 2.85. The van der Waals surface area contributed by atoms with E-state index < -0.39 is 0 Å². The Morgan fingerprint density at radius 2 is 1.89 bits per heavy atom. The Labute approximate surface area is 110 Å². The number of carbonyl (C=O) groups is 2. The lowest BCUT2D eigenvalue weighted by molar-refractivity contribution is -0.123. The van der Waals surface area contributed by atoms with Gasteiger partial charge in [0.05, 0.1) is 4.88 Å². The first-order valence-corrected chi connectivity index (χ1v) is 7.29. The van der Waals surface area contributed by atoms with Crippen molar-refractivity contribution in [3.8, 4) is 0 Å². The minimum absolute atomic E-state index is 0.0168. The molecule has 18 heavy (non-hydrogen) atoms. The van der Waals surface area contributed by atoms with Gasteiger partial charge in [0, 0.05) is 5.92 Å². The first-order valence-electron chi connectivity index (χ1n) is 6.41. The van der Waals surface area contributed by atoms with Crippen molar-refractivity contribution in [3.05, 3.63) is 22.4 Å². The minimum Gasteiger partial charge on any atom is -0.273 e. The molecular weight excluding hydrogens is 248 g/mol. The second-order valence-corrected chi connectivity index (χ2v) is 6.01. The van der Waals surface area contributed by atoms with Gasteiger partial charge in [-0.05, 0) is 36.1 Å². The molecule has 5 heteroatoms. The number of amides is 2. The van der Waals surface area contributed by atoms with Crippen molar-refractivity contribution in [2.45, 2.75) is 25.7 Å². The van der Waals surface area contributed by atoms with Crippen LogP contribution in [0.15, 0.2) is 17.5 Å². The maximum absolute atomic E-state index is 11.9. The molecule has 3 atom stereocenters. The lowest BCUT2D eigenvalue weighted by Crippen LogP contribution is -2.42. The van der Waals surface area contributed by atoms with Gasteiger partial charge in [0.25, 0.3) is 5.91 Å². The highest BCUT2D eigenvalue weighted by Gasteiger charge is 2.54. The van der Waals surface area contributed by atoms with Crippen molar-refractivity contribution in [1.29, 1.82) is 0 Å². The number of nitrogens with one attached hydrogen (secondary N) is 2. The van der Waals surface area contributed by atoms with Crippen molar-refractivity contribution in [2.75, 3.05) is 0 Å². The third-order valence-corrected chi connectivity index (χ3v) is 4.87. The molecule has 1 unspecified atom stereocenters. The van der Waals surface area contributed by atoms with Gasteiger partial charge in [-0.15, -0.1) is 11.3 Å². The number of thiophene rings is 1. The van der Waals surface area contributed by atoms with Gasteiger partial charge in [0.1, 0.15) is 0 Å². The SMILES string of the molecule is O=C(NNC(=O)C1[C@H]2CCCC[C@@H]12)c1cccs1. The minimum atomic E-state index is -0.234. The summed E-state index contributed by atoms with van der Waals surface area (Å²) in [4.78, 5) is 24.2. The predicted octanol–water partition coefficient (Wildman–Crippen LogP) is 1.95. The topological polar surface area (TPSA) is 58.2 Å². The second-order valence-electron chi connectivity index (χ2n) is 5.06. The van der Waals surface area contributed by atoms with E-state index in [0.717, 1.165) is 0 Å². The number of hydrogen-bond donors (Lipinski definition) is 2. The van der Waals surface area contributed by atoms with Gasteiger partial charge in [-0.1, -0.05) is 18.9 Å². The monoisotopic (exact) mass is 264 g/mol. The Hall–Kier alpha value is -1.36. The Balaban J connectivity index is 1.49. The summed E-state index contributed by atoms with van der Waals surface area (Å²) in [5.74, 6) is 1.02. The highest BCUT2D eigenvalue weighted by molar-refractivity contribution is 7.12. The smallest absolute Gasteiger partial charge is 0.273 e. The average molecular weight is 264 g/mol. The van der Waals surface area contributed by atoms with Crippen LogP contribution < -0.4 is 10.9 Å². The zero-order valence-corrected chi connectivity index (χ0v) is 10.8. The Morgan fingerprint density at radius 3 is 2.50 bits per heavy atom. The highest BCUT2D eigenvalue weighted by Crippen LogP contribution is 2.55. The number of carbonyl (C=O) groups excluding carboxylic acids is 2. The summed E-state index contributed by atoms with van der Waals surface area (Å²) in [5, 5.41) is 1.84. The molecule has 2 saturated carbocycles. The molecule has 0 aliphatic heterocycles. The largest absolute Gasteiger partial charge is 0.279 e. The van der Waals surface area contributed by atoms with E-state index in [1.54, 1.807) is 6.07 Å². The van der Waals surface area contributed by atoms with Crippen molar-refractivity contribution in [1.82, 2.24) is 10.9 Å². The third-order valence-electron chi connectivity index (χ3n) is 4.00. The normalized spacial score (nSPS) is 29.2. The molecule has 4 nitrogen and oxygen atoms in total. The molecule has 0 saturated heterocycles. The van der Waals surface area contributed by atoms with Crippen LogP contribution in [0.4, 0.5) is 0 Å². The Morgan fingerprint density at radius 1 is 1.17 bits per heavy atom. The summed E-state index contributed by atoms with van der Waals surface area (Å²) in [5.41, 5.74) is 5.05. The van der Waals surface area contributed by atoms with Crippen molar-refractivity contribution >= 4 is 23.2 Å². The summed E-state index contributed by atoms with van der Waals surface area (Å²) >= 11 is 1.36. The molecule has 0 bridgehead atoms. The molecule has 0 aromatic carbocycles. The van der Waals surface area contributed by atoms with Crippen LogP contribution >= 0.6 is 11.3 Å². The molecule has 2 N–H and O–H groups in total. The molecule has 1 aromatic heterocycles. The van der Waals surface area contributed by atoms with Crippen LogP contribution in [0.1, 0.15) is 35.4 Å². The first kappa shape index (κ1) is 11.7. The van der Waals surface area contributed by atoms with E-state index in [1.165, 1.54) is 37.0 Å². The molecule has 0 radical (unpaired) electrons. The molecule has 2 fully saturated rings. The van der Waals surface area contributed by atoms with E-state index in [-0.39, 0.29) is 17.7 Å². The van der Waals surface area contributed by atoms with Crippen LogP contribution in [0.3, 0.4) is 0 Å². The van der Waals surface area contributed by atoms with Crippen molar-refractivity contribution in [3.63, 3.8) is 0 Å². The van der Waals surface area contributed by atoms with Gasteiger partial charge >= 0.3 is 0 Å². The Bertz CT molecular complexity index is 446. The Kier molecular flexibility index (Phi) is 3.07. The quantitative estimate of drug-likeness (QED) is 0.802. The first-order chi connectivity index (χ1) is 8.77. The number of fused-ring (bicyclic) bond motifs is 1. The van der Waals surface area contributed by atoms with E-state index in [1.807, 2.05) is 11.4 Å². The summed E-state index contributed by atoms with van der Waals surface area (Å²) in [6.07, 6.45) is 4.82. The van der Waals surface area contributed by atoms with Gasteiger partial charge in [0.2, 0.25) is 5.91 Å². The molecule has 0 spiro atoms. The van der Waals surface area contributed by atoms with Gasteiger partial charge in [-0.2, -0.15) is 0 Å². The van der Waals surface area contributed by atoms with Crippen molar-refractivity contribution < 1.29 is 9.59 Å².